The molecule has 0 saturated heterocycles. The van der Waals surface area contributed by atoms with E-state index in [0.717, 1.165) is 29.2 Å². The van der Waals surface area contributed by atoms with E-state index in [2.05, 4.69) is 20.6 Å². The number of guanidine groups is 1. The van der Waals surface area contributed by atoms with Crippen molar-refractivity contribution in [3.63, 3.8) is 0 Å². The zero-order chi connectivity index (χ0) is 16.8. The Morgan fingerprint density at radius 2 is 2.04 bits per heavy atom. The Labute approximate surface area is 140 Å². The van der Waals surface area contributed by atoms with Crippen LogP contribution in [0, 0.1) is 26.6 Å². The largest absolute Gasteiger partial charge is 0.356 e. The first kappa shape index (κ1) is 17.4. The fourth-order valence-electron chi connectivity index (χ4n) is 2.25. The van der Waals surface area contributed by atoms with Gasteiger partial charge in [0, 0.05) is 31.4 Å². The van der Waals surface area contributed by atoms with Crippen molar-refractivity contribution in [2.75, 3.05) is 13.6 Å². The molecule has 0 saturated carbocycles. The monoisotopic (exact) mass is 334 g/mol. The molecule has 1 heterocycles. The average molecular weight is 334 g/mol. The van der Waals surface area contributed by atoms with Crippen LogP contribution in [0.1, 0.15) is 26.7 Å². The van der Waals surface area contributed by atoms with Gasteiger partial charge in [0.2, 0.25) is 0 Å². The summed E-state index contributed by atoms with van der Waals surface area (Å²) in [4.78, 5) is 9.92. The summed E-state index contributed by atoms with van der Waals surface area (Å²) in [5.74, 6) is 0.535. The van der Waals surface area contributed by atoms with Gasteiger partial charge >= 0.3 is 0 Å². The van der Waals surface area contributed by atoms with Crippen LogP contribution >= 0.6 is 11.3 Å². The van der Waals surface area contributed by atoms with Gasteiger partial charge in [-0.1, -0.05) is 12.1 Å². The van der Waals surface area contributed by atoms with E-state index in [1.165, 1.54) is 4.88 Å². The molecule has 0 unspecified atom stereocenters. The van der Waals surface area contributed by atoms with Gasteiger partial charge in [0.15, 0.2) is 5.96 Å². The fourth-order valence-corrected chi connectivity index (χ4v) is 3.19. The van der Waals surface area contributed by atoms with E-state index >= 15 is 0 Å². The van der Waals surface area contributed by atoms with Crippen molar-refractivity contribution in [2.24, 2.45) is 4.99 Å². The van der Waals surface area contributed by atoms with Gasteiger partial charge in [0.05, 0.1) is 10.7 Å². The molecule has 0 aliphatic rings. The summed E-state index contributed by atoms with van der Waals surface area (Å²) in [6.07, 6.45) is 0.914. The third-order valence-corrected chi connectivity index (χ3v) is 4.70. The first-order valence-electron chi connectivity index (χ1n) is 7.62. The van der Waals surface area contributed by atoms with Crippen LogP contribution in [0.2, 0.25) is 0 Å². The van der Waals surface area contributed by atoms with Gasteiger partial charge in [0.1, 0.15) is 5.82 Å². The number of hydrogen-bond donors (Lipinski definition) is 2. The van der Waals surface area contributed by atoms with Crippen LogP contribution in [-0.2, 0) is 13.0 Å². The Bertz CT molecular complexity index is 694. The Kier molecular flexibility index (Phi) is 6.10. The van der Waals surface area contributed by atoms with Crippen LogP contribution in [0.25, 0.3) is 0 Å². The maximum atomic E-state index is 13.5. The highest BCUT2D eigenvalue weighted by Crippen LogP contribution is 2.17. The molecule has 4 nitrogen and oxygen atoms in total. The standard InChI is InChI=1S/C17H23FN4S/c1-11-5-6-14(9-15(11)18)10-21-17(19-4)20-8-7-16-12(2)22-13(3)23-16/h5-6,9H,7-8,10H2,1-4H3,(H2,19,20,21). The van der Waals surface area contributed by atoms with Gasteiger partial charge in [0.25, 0.3) is 0 Å². The molecular formula is C17H23FN4S. The van der Waals surface area contributed by atoms with E-state index in [4.69, 9.17) is 0 Å². The van der Waals surface area contributed by atoms with E-state index in [-0.39, 0.29) is 5.82 Å². The third kappa shape index (κ3) is 5.03. The second kappa shape index (κ2) is 8.06. The minimum atomic E-state index is -0.178. The second-order valence-corrected chi connectivity index (χ2v) is 6.72. The zero-order valence-corrected chi connectivity index (χ0v) is 14.9. The molecule has 124 valence electrons. The summed E-state index contributed by atoms with van der Waals surface area (Å²) < 4.78 is 13.5. The molecule has 1 aromatic carbocycles. The van der Waals surface area contributed by atoms with E-state index in [1.54, 1.807) is 37.4 Å². The van der Waals surface area contributed by atoms with Crippen LogP contribution < -0.4 is 10.6 Å². The Morgan fingerprint density at radius 1 is 1.26 bits per heavy atom. The number of rotatable bonds is 5. The quantitative estimate of drug-likeness (QED) is 0.652. The number of halogens is 1. The molecule has 2 rings (SSSR count). The lowest BCUT2D eigenvalue weighted by Gasteiger charge is -2.12. The van der Waals surface area contributed by atoms with Crippen LogP contribution in [-0.4, -0.2) is 24.5 Å². The molecular weight excluding hydrogens is 311 g/mol. The van der Waals surface area contributed by atoms with Gasteiger partial charge in [-0.3, -0.25) is 4.99 Å². The van der Waals surface area contributed by atoms with Crippen LogP contribution in [0.4, 0.5) is 4.39 Å². The van der Waals surface area contributed by atoms with Gasteiger partial charge < -0.3 is 10.6 Å². The minimum absolute atomic E-state index is 0.178. The molecule has 0 fully saturated rings. The molecule has 2 N–H and O–H groups in total. The minimum Gasteiger partial charge on any atom is -0.356 e. The average Bonchev–Trinajstić information content (AvgIpc) is 2.84. The molecule has 0 spiro atoms. The lowest BCUT2D eigenvalue weighted by molar-refractivity contribution is 0.615. The number of hydrogen-bond acceptors (Lipinski definition) is 3. The molecule has 0 aliphatic carbocycles. The van der Waals surface area contributed by atoms with Gasteiger partial charge in [-0.25, -0.2) is 9.37 Å². The number of aryl methyl sites for hydroxylation is 3. The number of benzene rings is 1. The molecule has 23 heavy (non-hydrogen) atoms. The van der Waals surface area contributed by atoms with Crippen molar-refractivity contribution in [3.8, 4) is 0 Å². The van der Waals surface area contributed by atoms with Crippen LogP contribution in [0.3, 0.4) is 0 Å². The summed E-state index contributed by atoms with van der Waals surface area (Å²) in [7, 11) is 1.73. The Morgan fingerprint density at radius 3 is 2.65 bits per heavy atom. The highest BCUT2D eigenvalue weighted by Gasteiger charge is 2.05. The van der Waals surface area contributed by atoms with Crippen LogP contribution in [0.5, 0.6) is 0 Å². The Hall–Kier alpha value is -1.95. The highest BCUT2D eigenvalue weighted by molar-refractivity contribution is 7.11. The van der Waals surface area contributed by atoms with Crippen molar-refractivity contribution in [2.45, 2.75) is 33.7 Å². The first-order valence-corrected chi connectivity index (χ1v) is 8.43. The molecule has 0 aliphatic heterocycles. The number of nitrogens with one attached hydrogen (secondary N) is 2. The SMILES string of the molecule is CN=C(NCCc1sc(C)nc1C)NCc1ccc(C)c(F)c1. The fraction of sp³-hybridized carbons (Fsp3) is 0.412. The van der Waals surface area contributed by atoms with Crippen molar-refractivity contribution < 1.29 is 4.39 Å². The normalized spacial score (nSPS) is 11.6. The highest BCUT2D eigenvalue weighted by atomic mass is 32.1. The molecule has 0 atom stereocenters. The number of nitrogens with zero attached hydrogens (tertiary/aromatic N) is 2. The Balaban J connectivity index is 1.81. The zero-order valence-electron chi connectivity index (χ0n) is 14.0. The molecule has 0 amide bonds. The predicted molar refractivity (Wildman–Crippen MR) is 94.6 cm³/mol. The predicted octanol–water partition coefficient (Wildman–Crippen LogP) is 3.12. The number of aromatic nitrogens is 1. The molecule has 1 aromatic heterocycles. The van der Waals surface area contributed by atoms with E-state index in [0.29, 0.717) is 18.1 Å². The van der Waals surface area contributed by atoms with Gasteiger partial charge in [-0.2, -0.15) is 0 Å². The maximum Gasteiger partial charge on any atom is 0.191 e. The van der Waals surface area contributed by atoms with Gasteiger partial charge in [-0.05, 0) is 38.0 Å². The smallest absolute Gasteiger partial charge is 0.191 e. The maximum absolute atomic E-state index is 13.5. The molecule has 0 radical (unpaired) electrons. The second-order valence-electron chi connectivity index (χ2n) is 5.43. The summed E-state index contributed by atoms with van der Waals surface area (Å²) in [6, 6.07) is 5.26. The summed E-state index contributed by atoms with van der Waals surface area (Å²) in [5, 5.41) is 7.57. The number of thiazole rings is 1. The summed E-state index contributed by atoms with van der Waals surface area (Å²) in [6.45, 7) is 7.14. The van der Waals surface area contributed by atoms with E-state index < -0.39 is 0 Å². The van der Waals surface area contributed by atoms with E-state index in [9.17, 15) is 4.39 Å². The molecule has 6 heteroatoms. The van der Waals surface area contributed by atoms with Crippen molar-refractivity contribution in [1.82, 2.24) is 15.6 Å². The van der Waals surface area contributed by atoms with Crippen molar-refractivity contribution in [3.05, 3.63) is 50.7 Å². The van der Waals surface area contributed by atoms with Crippen molar-refractivity contribution >= 4 is 17.3 Å². The van der Waals surface area contributed by atoms with Gasteiger partial charge in [-0.15, -0.1) is 11.3 Å². The van der Waals surface area contributed by atoms with E-state index in [1.807, 2.05) is 19.9 Å². The lowest BCUT2D eigenvalue weighted by atomic mass is 10.1. The lowest BCUT2D eigenvalue weighted by Crippen LogP contribution is -2.37. The van der Waals surface area contributed by atoms with Crippen LogP contribution in [0.15, 0.2) is 23.2 Å². The summed E-state index contributed by atoms with van der Waals surface area (Å²) >= 11 is 1.73. The third-order valence-electron chi connectivity index (χ3n) is 3.56. The molecule has 2 aromatic rings. The topological polar surface area (TPSA) is 49.3 Å². The number of aliphatic imine (C=N–C) groups is 1. The first-order chi connectivity index (χ1) is 11.0. The molecule has 0 bridgehead atoms. The summed E-state index contributed by atoms with van der Waals surface area (Å²) in [5.41, 5.74) is 2.66. The van der Waals surface area contributed by atoms with Crippen molar-refractivity contribution in [1.29, 1.82) is 0 Å².